The molecule has 1 rings (SSSR count). The second kappa shape index (κ2) is 2.61. The average molecular weight is 157 g/mol. The molecule has 0 fully saturated rings. The molecule has 6 heteroatoms. The summed E-state index contributed by atoms with van der Waals surface area (Å²) in [5, 5.41) is 6.64. The molecule has 0 radical (unpaired) electrons. The molecule has 0 saturated heterocycles. The molecule has 54 valence electrons. The first-order valence-electron chi connectivity index (χ1n) is 2.60. The summed E-state index contributed by atoms with van der Waals surface area (Å²) in [4.78, 5) is 3.83. The van der Waals surface area contributed by atoms with Gasteiger partial charge >= 0.3 is 0 Å². The van der Waals surface area contributed by atoms with Gasteiger partial charge in [-0.25, -0.2) is 4.68 Å². The number of hydrogen-bond acceptors (Lipinski definition) is 3. The maximum absolute atomic E-state index is 5.19. The van der Waals surface area contributed by atoms with Crippen LogP contribution < -0.4 is 11.1 Å². The number of nitrogens with one attached hydrogen (secondary N) is 1. The molecule has 0 atom stereocenters. The zero-order chi connectivity index (χ0) is 7.56. The van der Waals surface area contributed by atoms with Crippen molar-refractivity contribution in [1.29, 1.82) is 0 Å². The van der Waals surface area contributed by atoms with Crippen LogP contribution >= 0.6 is 12.2 Å². The molecular weight excluding hydrogens is 150 g/mol. The second-order valence-electron chi connectivity index (χ2n) is 1.70. The molecular formula is C4H7N5S. The number of nitrogens with two attached hydrogens (primary N) is 1. The summed E-state index contributed by atoms with van der Waals surface area (Å²) in [5.74, 6) is 0.549. The Morgan fingerprint density at radius 3 is 3.00 bits per heavy atom. The normalized spacial score (nSPS) is 9.30. The molecule has 0 aliphatic carbocycles. The van der Waals surface area contributed by atoms with Crippen LogP contribution in [0.2, 0.25) is 0 Å². The number of aromatic nitrogens is 3. The summed E-state index contributed by atoms with van der Waals surface area (Å²) in [5.41, 5.74) is 5.19. The zero-order valence-corrected chi connectivity index (χ0v) is 6.22. The lowest BCUT2D eigenvalue weighted by molar-refractivity contribution is 0.776. The van der Waals surface area contributed by atoms with Gasteiger partial charge in [-0.05, 0) is 12.2 Å². The van der Waals surface area contributed by atoms with Crippen LogP contribution in [0.25, 0.3) is 0 Å². The topological polar surface area (TPSA) is 68.8 Å². The number of thiocarbonyl (C=S) groups is 1. The molecule has 0 aliphatic rings. The zero-order valence-electron chi connectivity index (χ0n) is 5.40. The van der Waals surface area contributed by atoms with E-state index in [2.05, 4.69) is 27.6 Å². The Labute approximate surface area is 63.2 Å². The molecule has 0 amide bonds. The summed E-state index contributed by atoms with van der Waals surface area (Å²) in [6.45, 7) is 0. The van der Waals surface area contributed by atoms with E-state index in [1.165, 1.54) is 6.33 Å². The first-order chi connectivity index (χ1) is 4.70. The molecule has 1 aromatic heterocycles. The van der Waals surface area contributed by atoms with Gasteiger partial charge in [0, 0.05) is 7.05 Å². The van der Waals surface area contributed by atoms with E-state index in [4.69, 9.17) is 5.73 Å². The van der Waals surface area contributed by atoms with Crippen LogP contribution in [0.3, 0.4) is 0 Å². The molecule has 0 bridgehead atoms. The minimum absolute atomic E-state index is 0.191. The van der Waals surface area contributed by atoms with Gasteiger partial charge < -0.3 is 11.1 Å². The van der Waals surface area contributed by atoms with Crippen LogP contribution in [0, 0.1) is 0 Å². The van der Waals surface area contributed by atoms with Gasteiger partial charge in [-0.15, -0.1) is 0 Å². The van der Waals surface area contributed by atoms with E-state index >= 15 is 0 Å². The highest BCUT2D eigenvalue weighted by Gasteiger charge is 1.97. The van der Waals surface area contributed by atoms with E-state index in [1.807, 2.05) is 0 Å². The highest BCUT2D eigenvalue weighted by molar-refractivity contribution is 7.80. The standard InChI is InChI=1S/C4H7N5S/c1-9-4(6-2-7-9)8-3(5)10/h2H,1H3,(H3,5,6,7,8,10). The fraction of sp³-hybridized carbons (Fsp3) is 0.250. The Morgan fingerprint density at radius 1 is 1.90 bits per heavy atom. The lowest BCUT2D eigenvalue weighted by Gasteiger charge is -1.99. The smallest absolute Gasteiger partial charge is 0.227 e. The molecule has 0 spiro atoms. The quantitative estimate of drug-likeness (QED) is 0.536. The third kappa shape index (κ3) is 1.41. The van der Waals surface area contributed by atoms with Crippen molar-refractivity contribution >= 4 is 23.3 Å². The predicted molar refractivity (Wildman–Crippen MR) is 41.4 cm³/mol. The second-order valence-corrected chi connectivity index (χ2v) is 2.14. The van der Waals surface area contributed by atoms with Crippen LogP contribution in [-0.4, -0.2) is 19.9 Å². The summed E-state index contributed by atoms with van der Waals surface area (Å²) in [6, 6.07) is 0. The van der Waals surface area contributed by atoms with Crippen LogP contribution in [0.4, 0.5) is 5.95 Å². The van der Waals surface area contributed by atoms with Gasteiger partial charge in [0.05, 0.1) is 0 Å². The van der Waals surface area contributed by atoms with E-state index in [0.717, 1.165) is 0 Å². The van der Waals surface area contributed by atoms with Crippen LogP contribution in [0.15, 0.2) is 6.33 Å². The van der Waals surface area contributed by atoms with Gasteiger partial charge in [0.15, 0.2) is 5.11 Å². The van der Waals surface area contributed by atoms with Crippen molar-refractivity contribution in [2.75, 3.05) is 5.32 Å². The van der Waals surface area contributed by atoms with Gasteiger partial charge in [0.25, 0.3) is 0 Å². The van der Waals surface area contributed by atoms with Crippen molar-refractivity contribution in [3.05, 3.63) is 6.33 Å². The van der Waals surface area contributed by atoms with Crippen molar-refractivity contribution in [2.24, 2.45) is 12.8 Å². The number of nitrogens with zero attached hydrogens (tertiary/aromatic N) is 3. The number of rotatable bonds is 1. The minimum atomic E-state index is 0.191. The maximum Gasteiger partial charge on any atom is 0.227 e. The van der Waals surface area contributed by atoms with Gasteiger partial charge in [0.1, 0.15) is 6.33 Å². The predicted octanol–water partition coefficient (Wildman–Crippen LogP) is -0.529. The Bertz CT molecular complexity index is 242. The van der Waals surface area contributed by atoms with Crippen LogP contribution in [0.1, 0.15) is 0 Å². The van der Waals surface area contributed by atoms with Crippen molar-refractivity contribution in [3.63, 3.8) is 0 Å². The summed E-state index contributed by atoms with van der Waals surface area (Å²) in [6.07, 6.45) is 1.42. The Hall–Kier alpha value is -1.17. The summed E-state index contributed by atoms with van der Waals surface area (Å²) >= 11 is 4.59. The van der Waals surface area contributed by atoms with Crippen molar-refractivity contribution in [2.45, 2.75) is 0 Å². The van der Waals surface area contributed by atoms with Crippen LogP contribution in [-0.2, 0) is 7.05 Å². The van der Waals surface area contributed by atoms with Gasteiger partial charge in [0.2, 0.25) is 5.95 Å². The molecule has 0 unspecified atom stereocenters. The Kier molecular flexibility index (Phi) is 1.81. The first-order valence-corrected chi connectivity index (χ1v) is 3.01. The molecule has 0 saturated carbocycles. The number of anilines is 1. The molecule has 3 N–H and O–H groups in total. The van der Waals surface area contributed by atoms with E-state index in [1.54, 1.807) is 11.7 Å². The monoisotopic (exact) mass is 157 g/mol. The highest BCUT2D eigenvalue weighted by Crippen LogP contribution is 1.95. The number of hydrogen-bond donors (Lipinski definition) is 2. The van der Waals surface area contributed by atoms with Gasteiger partial charge in [-0.2, -0.15) is 10.1 Å². The van der Waals surface area contributed by atoms with Crippen molar-refractivity contribution in [3.8, 4) is 0 Å². The van der Waals surface area contributed by atoms with Crippen molar-refractivity contribution in [1.82, 2.24) is 14.8 Å². The molecule has 1 heterocycles. The fourth-order valence-electron chi connectivity index (χ4n) is 0.520. The van der Waals surface area contributed by atoms with E-state index < -0.39 is 0 Å². The first kappa shape index (κ1) is 6.94. The third-order valence-electron chi connectivity index (χ3n) is 0.946. The largest absolute Gasteiger partial charge is 0.376 e. The summed E-state index contributed by atoms with van der Waals surface area (Å²) in [7, 11) is 1.74. The Balaban J connectivity index is 2.74. The SMILES string of the molecule is Cn1ncnc1NC(N)=S. The van der Waals surface area contributed by atoms with E-state index in [-0.39, 0.29) is 5.11 Å². The molecule has 1 aromatic rings. The molecule has 10 heavy (non-hydrogen) atoms. The maximum atomic E-state index is 5.19. The lowest BCUT2D eigenvalue weighted by atomic mass is 10.9. The third-order valence-corrected chi connectivity index (χ3v) is 1.05. The van der Waals surface area contributed by atoms with Gasteiger partial charge in [-0.3, -0.25) is 0 Å². The Morgan fingerprint density at radius 2 is 2.60 bits per heavy atom. The fourth-order valence-corrected chi connectivity index (χ4v) is 0.611. The van der Waals surface area contributed by atoms with Crippen LogP contribution in [0.5, 0.6) is 0 Å². The van der Waals surface area contributed by atoms with E-state index in [0.29, 0.717) is 5.95 Å². The minimum Gasteiger partial charge on any atom is -0.376 e. The molecule has 5 nitrogen and oxygen atoms in total. The number of aryl methyl sites for hydroxylation is 1. The lowest BCUT2D eigenvalue weighted by Crippen LogP contribution is -2.21. The summed E-state index contributed by atoms with van der Waals surface area (Å²) < 4.78 is 1.54. The molecule has 0 aromatic carbocycles. The molecule has 0 aliphatic heterocycles. The average Bonchev–Trinajstić information content (AvgIpc) is 2.15. The van der Waals surface area contributed by atoms with E-state index in [9.17, 15) is 0 Å². The van der Waals surface area contributed by atoms with Gasteiger partial charge in [-0.1, -0.05) is 0 Å². The highest BCUT2D eigenvalue weighted by atomic mass is 32.1. The van der Waals surface area contributed by atoms with Crippen molar-refractivity contribution < 1.29 is 0 Å².